The van der Waals surface area contributed by atoms with Crippen LogP contribution in [0.2, 0.25) is 10.0 Å². The number of phenolic OH excluding ortho intramolecular Hbond substituents is 1. The van der Waals surface area contributed by atoms with E-state index < -0.39 is 0 Å². The monoisotopic (exact) mass is 238 g/mol. The third-order valence-corrected chi connectivity index (χ3v) is 2.83. The fourth-order valence-corrected chi connectivity index (χ4v) is 2.00. The summed E-state index contributed by atoms with van der Waals surface area (Å²) in [5.74, 6) is 0.0416. The second-order valence-corrected chi connectivity index (χ2v) is 3.91. The molecule has 0 aliphatic carbocycles. The van der Waals surface area contributed by atoms with Crippen LogP contribution in [0.15, 0.2) is 42.5 Å². The summed E-state index contributed by atoms with van der Waals surface area (Å²) in [4.78, 5) is 0. The van der Waals surface area contributed by atoms with Crippen LogP contribution in [0, 0.1) is 0 Å². The SMILES string of the molecule is Oc1ccc(Cl)c(-c2ccccc2)c1Cl. The third kappa shape index (κ3) is 1.94. The van der Waals surface area contributed by atoms with Gasteiger partial charge in [-0.15, -0.1) is 0 Å². The Hall–Kier alpha value is -1.18. The van der Waals surface area contributed by atoms with E-state index in [2.05, 4.69) is 0 Å². The van der Waals surface area contributed by atoms with Crippen LogP contribution >= 0.6 is 23.2 Å². The van der Waals surface area contributed by atoms with Gasteiger partial charge in [0.15, 0.2) is 0 Å². The minimum absolute atomic E-state index is 0.0416. The summed E-state index contributed by atoms with van der Waals surface area (Å²) in [6.07, 6.45) is 0. The van der Waals surface area contributed by atoms with Crippen molar-refractivity contribution in [3.63, 3.8) is 0 Å². The summed E-state index contributed by atoms with van der Waals surface area (Å²) in [5.41, 5.74) is 1.56. The van der Waals surface area contributed by atoms with Crippen molar-refractivity contribution in [2.45, 2.75) is 0 Å². The van der Waals surface area contributed by atoms with Crippen molar-refractivity contribution in [3.05, 3.63) is 52.5 Å². The molecule has 1 nitrogen and oxygen atoms in total. The molecule has 0 saturated carbocycles. The highest BCUT2D eigenvalue weighted by Gasteiger charge is 2.11. The zero-order valence-electron chi connectivity index (χ0n) is 7.74. The highest BCUT2D eigenvalue weighted by Crippen LogP contribution is 2.39. The van der Waals surface area contributed by atoms with E-state index >= 15 is 0 Å². The van der Waals surface area contributed by atoms with Crippen LogP contribution in [0.4, 0.5) is 0 Å². The molecule has 2 aromatic carbocycles. The second kappa shape index (κ2) is 4.13. The van der Waals surface area contributed by atoms with Gasteiger partial charge in [0, 0.05) is 5.56 Å². The van der Waals surface area contributed by atoms with Crippen molar-refractivity contribution in [2.75, 3.05) is 0 Å². The highest BCUT2D eigenvalue weighted by atomic mass is 35.5. The molecule has 0 spiro atoms. The van der Waals surface area contributed by atoms with Crippen molar-refractivity contribution < 1.29 is 5.11 Å². The fraction of sp³-hybridized carbons (Fsp3) is 0. The number of phenols is 1. The molecule has 2 aromatic rings. The Morgan fingerprint density at radius 3 is 2.20 bits per heavy atom. The molecule has 0 amide bonds. The quantitative estimate of drug-likeness (QED) is 0.783. The van der Waals surface area contributed by atoms with Gasteiger partial charge in [-0.25, -0.2) is 0 Å². The standard InChI is InChI=1S/C12H8Cl2O/c13-9-6-7-10(15)12(14)11(9)8-4-2-1-3-5-8/h1-7,15H. The maximum Gasteiger partial charge on any atom is 0.134 e. The molecular weight excluding hydrogens is 231 g/mol. The van der Waals surface area contributed by atoms with Gasteiger partial charge in [0.1, 0.15) is 5.75 Å². The third-order valence-electron chi connectivity index (χ3n) is 2.13. The Morgan fingerprint density at radius 1 is 0.867 bits per heavy atom. The second-order valence-electron chi connectivity index (χ2n) is 3.12. The number of rotatable bonds is 1. The molecule has 0 aliphatic rings. The average Bonchev–Trinajstić information content (AvgIpc) is 2.26. The van der Waals surface area contributed by atoms with Gasteiger partial charge in [-0.05, 0) is 17.7 Å². The lowest BCUT2D eigenvalue weighted by Gasteiger charge is -2.08. The first-order valence-corrected chi connectivity index (χ1v) is 5.18. The van der Waals surface area contributed by atoms with Gasteiger partial charge < -0.3 is 5.11 Å². The van der Waals surface area contributed by atoms with Crippen LogP contribution in [0.25, 0.3) is 11.1 Å². The van der Waals surface area contributed by atoms with Gasteiger partial charge in [-0.1, -0.05) is 53.5 Å². The van der Waals surface area contributed by atoms with E-state index in [1.165, 1.54) is 6.07 Å². The smallest absolute Gasteiger partial charge is 0.134 e. The molecule has 0 radical (unpaired) electrons. The molecule has 2 rings (SSSR count). The molecule has 1 N–H and O–H groups in total. The van der Waals surface area contributed by atoms with Crippen LogP contribution in [0.5, 0.6) is 5.75 Å². The van der Waals surface area contributed by atoms with E-state index in [0.29, 0.717) is 10.6 Å². The summed E-state index contributed by atoms with van der Waals surface area (Å²) < 4.78 is 0. The highest BCUT2D eigenvalue weighted by molar-refractivity contribution is 6.40. The Kier molecular flexibility index (Phi) is 2.85. The summed E-state index contributed by atoms with van der Waals surface area (Å²) in [6, 6.07) is 12.6. The van der Waals surface area contributed by atoms with Gasteiger partial charge in [0.2, 0.25) is 0 Å². The van der Waals surface area contributed by atoms with Gasteiger partial charge >= 0.3 is 0 Å². The average molecular weight is 239 g/mol. The van der Waals surface area contributed by atoms with Crippen LogP contribution in [0.1, 0.15) is 0 Å². The predicted octanol–water partition coefficient (Wildman–Crippen LogP) is 4.37. The van der Waals surface area contributed by atoms with Gasteiger partial charge in [-0.2, -0.15) is 0 Å². The molecule has 0 aromatic heterocycles. The number of benzene rings is 2. The molecular formula is C12H8Cl2O. The van der Waals surface area contributed by atoms with Crippen molar-refractivity contribution in [3.8, 4) is 16.9 Å². The van der Waals surface area contributed by atoms with E-state index in [1.807, 2.05) is 30.3 Å². The number of hydrogen-bond donors (Lipinski definition) is 1. The predicted molar refractivity (Wildman–Crippen MR) is 63.6 cm³/mol. The maximum atomic E-state index is 9.50. The summed E-state index contributed by atoms with van der Waals surface area (Å²) in [7, 11) is 0. The summed E-state index contributed by atoms with van der Waals surface area (Å²) in [6.45, 7) is 0. The van der Waals surface area contributed by atoms with Crippen LogP contribution < -0.4 is 0 Å². The Labute approximate surface area is 97.9 Å². The minimum Gasteiger partial charge on any atom is -0.506 e. The van der Waals surface area contributed by atoms with Crippen molar-refractivity contribution >= 4 is 23.2 Å². The Bertz CT molecular complexity index is 480. The topological polar surface area (TPSA) is 20.2 Å². The van der Waals surface area contributed by atoms with E-state index in [0.717, 1.165) is 5.56 Å². The zero-order valence-corrected chi connectivity index (χ0v) is 9.26. The van der Waals surface area contributed by atoms with E-state index in [1.54, 1.807) is 6.07 Å². The molecule has 0 aliphatic heterocycles. The number of aromatic hydroxyl groups is 1. The van der Waals surface area contributed by atoms with E-state index in [4.69, 9.17) is 23.2 Å². The minimum atomic E-state index is 0.0416. The molecule has 76 valence electrons. The molecule has 0 heterocycles. The van der Waals surface area contributed by atoms with Crippen LogP contribution in [-0.2, 0) is 0 Å². The largest absolute Gasteiger partial charge is 0.506 e. The Balaban J connectivity index is 2.68. The molecule has 0 unspecified atom stereocenters. The summed E-state index contributed by atoms with van der Waals surface area (Å²) in [5, 5.41) is 10.3. The lowest BCUT2D eigenvalue weighted by atomic mass is 10.1. The van der Waals surface area contributed by atoms with Crippen molar-refractivity contribution in [1.29, 1.82) is 0 Å². The number of halogens is 2. The molecule has 15 heavy (non-hydrogen) atoms. The van der Waals surface area contributed by atoms with Crippen molar-refractivity contribution in [1.82, 2.24) is 0 Å². The van der Waals surface area contributed by atoms with Crippen LogP contribution in [0.3, 0.4) is 0 Å². The van der Waals surface area contributed by atoms with E-state index in [-0.39, 0.29) is 10.8 Å². The van der Waals surface area contributed by atoms with Crippen LogP contribution in [-0.4, -0.2) is 5.11 Å². The van der Waals surface area contributed by atoms with Gasteiger partial charge in [0.05, 0.1) is 10.0 Å². The van der Waals surface area contributed by atoms with Gasteiger partial charge in [-0.3, -0.25) is 0 Å². The molecule has 0 fully saturated rings. The van der Waals surface area contributed by atoms with Crippen molar-refractivity contribution in [2.24, 2.45) is 0 Å². The summed E-state index contributed by atoms with van der Waals surface area (Å²) >= 11 is 12.0. The lowest BCUT2D eigenvalue weighted by molar-refractivity contribution is 0.476. The molecule has 0 atom stereocenters. The molecule has 3 heteroatoms. The Morgan fingerprint density at radius 2 is 1.53 bits per heavy atom. The first kappa shape index (κ1) is 10.3. The molecule has 0 bridgehead atoms. The van der Waals surface area contributed by atoms with Gasteiger partial charge in [0.25, 0.3) is 0 Å². The normalized spacial score (nSPS) is 10.3. The van der Waals surface area contributed by atoms with E-state index in [9.17, 15) is 5.11 Å². The lowest BCUT2D eigenvalue weighted by Crippen LogP contribution is -1.81. The first-order chi connectivity index (χ1) is 7.20. The first-order valence-electron chi connectivity index (χ1n) is 4.42. The molecule has 0 saturated heterocycles. The fourth-order valence-electron chi connectivity index (χ4n) is 1.41. The maximum absolute atomic E-state index is 9.50. The zero-order chi connectivity index (χ0) is 10.8. The number of hydrogen-bond acceptors (Lipinski definition) is 1.